The Kier molecular flexibility index (Phi) is 6.46. The molecule has 0 atom stereocenters. The first kappa shape index (κ1) is 17.6. The van der Waals surface area contributed by atoms with Crippen LogP contribution in [-0.2, 0) is 16.1 Å². The summed E-state index contributed by atoms with van der Waals surface area (Å²) in [5.74, 6) is -0.390. The zero-order chi connectivity index (χ0) is 17.4. The highest BCUT2D eigenvalue weighted by molar-refractivity contribution is 6.08. The average molecular weight is 323 g/mol. The molecule has 2 aromatic rings. The van der Waals surface area contributed by atoms with Gasteiger partial charge in [0.25, 0.3) is 0 Å². The minimum absolute atomic E-state index is 0.0202. The van der Waals surface area contributed by atoms with E-state index < -0.39 is 5.97 Å². The topological polar surface area (TPSA) is 46.6 Å². The summed E-state index contributed by atoms with van der Waals surface area (Å²) >= 11 is 0. The van der Waals surface area contributed by atoms with Gasteiger partial charge in [-0.2, -0.15) is 0 Å². The van der Waals surface area contributed by atoms with Crippen LogP contribution in [0.5, 0.6) is 0 Å². The van der Waals surface area contributed by atoms with Gasteiger partial charge in [0.05, 0.1) is 0 Å². The summed E-state index contributed by atoms with van der Waals surface area (Å²) in [6.45, 7) is 5.02. The van der Waals surface area contributed by atoms with E-state index in [-0.39, 0.29) is 5.78 Å². The number of nitrogens with zero attached hydrogens (tertiary/aromatic N) is 1. The van der Waals surface area contributed by atoms with E-state index in [1.54, 1.807) is 0 Å². The lowest BCUT2D eigenvalue weighted by Crippen LogP contribution is -2.23. The second kappa shape index (κ2) is 8.79. The molecule has 0 heterocycles. The van der Waals surface area contributed by atoms with Crippen molar-refractivity contribution in [2.24, 2.45) is 0 Å². The largest absolute Gasteiger partial charge is 0.461 e. The molecule has 24 heavy (non-hydrogen) atoms. The molecular formula is C20H21NO3. The Hall–Kier alpha value is -2.72. The Morgan fingerprint density at radius 3 is 2.29 bits per heavy atom. The van der Waals surface area contributed by atoms with Crippen LogP contribution in [0.4, 0.5) is 0 Å². The number of benzene rings is 2. The van der Waals surface area contributed by atoms with Crippen LogP contribution < -0.4 is 0 Å². The van der Waals surface area contributed by atoms with Gasteiger partial charge < -0.3 is 4.74 Å². The number of carbonyl (C=O) groups is 2. The van der Waals surface area contributed by atoms with Gasteiger partial charge in [-0.1, -0.05) is 61.2 Å². The molecule has 0 amide bonds. The molecule has 0 saturated heterocycles. The van der Waals surface area contributed by atoms with Gasteiger partial charge in [0.1, 0.15) is 6.61 Å². The fraction of sp³-hybridized carbons (Fsp3) is 0.200. The third kappa shape index (κ3) is 5.18. The number of ketones is 1. The van der Waals surface area contributed by atoms with E-state index in [2.05, 4.69) is 6.58 Å². The van der Waals surface area contributed by atoms with Crippen molar-refractivity contribution < 1.29 is 14.3 Å². The van der Waals surface area contributed by atoms with E-state index in [0.717, 1.165) is 11.6 Å². The first-order valence-electron chi connectivity index (χ1n) is 7.76. The van der Waals surface area contributed by atoms with Gasteiger partial charge in [-0.25, -0.2) is 4.79 Å². The molecule has 0 aliphatic rings. The lowest BCUT2D eigenvalue weighted by atomic mass is 10.0. The third-order valence-electron chi connectivity index (χ3n) is 3.59. The van der Waals surface area contributed by atoms with E-state index >= 15 is 0 Å². The molecular weight excluding hydrogens is 302 g/mol. The number of rotatable bonds is 8. The van der Waals surface area contributed by atoms with Gasteiger partial charge in [0.15, 0.2) is 5.78 Å². The van der Waals surface area contributed by atoms with E-state index in [0.29, 0.717) is 30.8 Å². The van der Waals surface area contributed by atoms with Crippen LogP contribution in [0.2, 0.25) is 0 Å². The molecule has 0 N–H and O–H groups in total. The van der Waals surface area contributed by atoms with Crippen LogP contribution in [-0.4, -0.2) is 36.9 Å². The Morgan fingerprint density at radius 1 is 1.04 bits per heavy atom. The molecule has 2 rings (SSSR count). The summed E-state index contributed by atoms with van der Waals surface area (Å²) in [7, 11) is 1.95. The van der Waals surface area contributed by atoms with Crippen molar-refractivity contribution in [1.29, 1.82) is 0 Å². The molecule has 0 saturated carbocycles. The summed E-state index contributed by atoms with van der Waals surface area (Å²) in [5.41, 5.74) is 2.45. The van der Waals surface area contributed by atoms with Crippen LogP contribution >= 0.6 is 0 Å². The fourth-order valence-electron chi connectivity index (χ4n) is 2.27. The van der Waals surface area contributed by atoms with E-state index in [1.165, 1.54) is 0 Å². The Bertz CT molecular complexity index is 693. The highest BCUT2D eigenvalue weighted by atomic mass is 16.5. The number of likely N-dealkylation sites (N-methyl/N-ethyl adjacent to an activating group) is 1. The molecule has 2 aromatic carbocycles. The lowest BCUT2D eigenvalue weighted by molar-refractivity contribution is -0.138. The molecule has 0 aliphatic carbocycles. The third-order valence-corrected chi connectivity index (χ3v) is 3.59. The minimum atomic E-state index is -0.410. The van der Waals surface area contributed by atoms with Crippen LogP contribution in [0.25, 0.3) is 0 Å². The summed E-state index contributed by atoms with van der Waals surface area (Å²) in [5, 5.41) is 0. The molecule has 0 radical (unpaired) electrons. The van der Waals surface area contributed by atoms with Crippen molar-refractivity contribution >= 4 is 11.8 Å². The van der Waals surface area contributed by atoms with Gasteiger partial charge in [-0.15, -0.1) is 0 Å². The van der Waals surface area contributed by atoms with Crippen LogP contribution in [0.3, 0.4) is 0 Å². The maximum atomic E-state index is 12.3. The zero-order valence-corrected chi connectivity index (χ0v) is 13.8. The number of esters is 1. The normalized spacial score (nSPS) is 10.4. The van der Waals surface area contributed by atoms with Crippen LogP contribution in [0.1, 0.15) is 21.5 Å². The first-order chi connectivity index (χ1) is 11.6. The Labute approximate surface area is 142 Å². The van der Waals surface area contributed by atoms with Gasteiger partial charge in [0, 0.05) is 30.3 Å². The molecule has 0 fully saturated rings. The molecule has 0 aliphatic heterocycles. The quantitative estimate of drug-likeness (QED) is 0.425. The number of carbonyl (C=O) groups excluding carboxylic acids is 2. The van der Waals surface area contributed by atoms with E-state index in [1.807, 2.05) is 66.5 Å². The van der Waals surface area contributed by atoms with Crippen molar-refractivity contribution in [2.45, 2.75) is 6.54 Å². The van der Waals surface area contributed by atoms with Crippen molar-refractivity contribution in [3.8, 4) is 0 Å². The van der Waals surface area contributed by atoms with Gasteiger partial charge in [-0.05, 0) is 12.6 Å². The van der Waals surface area contributed by atoms with Gasteiger partial charge >= 0.3 is 5.97 Å². The standard InChI is InChI=1S/C20H21NO3/c1-3-19(22)24-14-13-21(2)15-16-9-11-18(12-10-16)20(23)17-7-5-4-6-8-17/h3-12H,1,13-15H2,2H3. The maximum Gasteiger partial charge on any atom is 0.330 e. The SMILES string of the molecule is C=CC(=O)OCCN(C)Cc1ccc(C(=O)c2ccccc2)cc1. The minimum Gasteiger partial charge on any atom is -0.461 e. The molecule has 124 valence electrons. The molecule has 0 spiro atoms. The first-order valence-corrected chi connectivity index (χ1v) is 7.76. The number of hydrogen-bond acceptors (Lipinski definition) is 4. The smallest absolute Gasteiger partial charge is 0.330 e. The van der Waals surface area contributed by atoms with Crippen molar-refractivity contribution in [1.82, 2.24) is 4.90 Å². The molecule has 4 nitrogen and oxygen atoms in total. The predicted molar refractivity (Wildman–Crippen MR) is 93.8 cm³/mol. The number of ether oxygens (including phenoxy) is 1. The lowest BCUT2D eigenvalue weighted by Gasteiger charge is -2.16. The average Bonchev–Trinajstić information content (AvgIpc) is 2.62. The second-order valence-corrected chi connectivity index (χ2v) is 5.50. The zero-order valence-electron chi connectivity index (χ0n) is 13.8. The number of hydrogen-bond donors (Lipinski definition) is 0. The van der Waals surface area contributed by atoms with Gasteiger partial charge in [0.2, 0.25) is 0 Å². The summed E-state index contributed by atoms with van der Waals surface area (Å²) in [6.07, 6.45) is 1.16. The van der Waals surface area contributed by atoms with Gasteiger partial charge in [-0.3, -0.25) is 9.69 Å². The van der Waals surface area contributed by atoms with Crippen LogP contribution in [0, 0.1) is 0 Å². The van der Waals surface area contributed by atoms with Crippen molar-refractivity contribution in [3.05, 3.63) is 83.9 Å². The Balaban J connectivity index is 1.89. The highest BCUT2D eigenvalue weighted by Crippen LogP contribution is 2.12. The van der Waals surface area contributed by atoms with E-state index in [4.69, 9.17) is 4.74 Å². The van der Waals surface area contributed by atoms with Crippen molar-refractivity contribution in [2.75, 3.05) is 20.2 Å². The monoisotopic (exact) mass is 323 g/mol. The predicted octanol–water partition coefficient (Wildman–Crippen LogP) is 3.08. The van der Waals surface area contributed by atoms with E-state index in [9.17, 15) is 9.59 Å². The second-order valence-electron chi connectivity index (χ2n) is 5.50. The summed E-state index contributed by atoms with van der Waals surface area (Å²) in [6, 6.07) is 16.8. The van der Waals surface area contributed by atoms with Crippen molar-refractivity contribution in [3.63, 3.8) is 0 Å². The maximum absolute atomic E-state index is 12.3. The van der Waals surface area contributed by atoms with Crippen LogP contribution in [0.15, 0.2) is 67.3 Å². The fourth-order valence-corrected chi connectivity index (χ4v) is 2.27. The molecule has 4 heteroatoms. The highest BCUT2D eigenvalue weighted by Gasteiger charge is 2.08. The molecule has 0 aromatic heterocycles. The molecule has 0 bridgehead atoms. The molecule has 0 unspecified atom stereocenters. The summed E-state index contributed by atoms with van der Waals surface area (Å²) < 4.78 is 4.96. The summed E-state index contributed by atoms with van der Waals surface area (Å²) in [4.78, 5) is 25.4. The Morgan fingerprint density at radius 2 is 1.67 bits per heavy atom.